The number of ether oxygens (including phenoxy) is 2. The van der Waals surface area contributed by atoms with Crippen molar-refractivity contribution in [2.45, 2.75) is 25.9 Å². The van der Waals surface area contributed by atoms with Gasteiger partial charge in [-0.25, -0.2) is 4.39 Å². The van der Waals surface area contributed by atoms with Gasteiger partial charge in [-0.15, -0.1) is 0 Å². The van der Waals surface area contributed by atoms with Crippen molar-refractivity contribution in [2.24, 2.45) is 0 Å². The van der Waals surface area contributed by atoms with E-state index in [4.69, 9.17) is 9.47 Å². The summed E-state index contributed by atoms with van der Waals surface area (Å²) < 4.78 is 24.4. The molecule has 1 saturated heterocycles. The zero-order valence-corrected chi connectivity index (χ0v) is 10.7. The van der Waals surface area contributed by atoms with Crippen molar-refractivity contribution in [3.8, 4) is 5.75 Å². The first-order valence-electron chi connectivity index (χ1n) is 6.53. The van der Waals surface area contributed by atoms with Crippen LogP contribution < -0.4 is 10.1 Å². The molecule has 1 fully saturated rings. The molecular formula is C14H20FNO2. The largest absolute Gasteiger partial charge is 0.491 e. The molecule has 1 aliphatic rings. The molecule has 1 heterocycles. The molecule has 1 N–H and O–H groups in total. The number of nitrogens with one attached hydrogen (secondary N) is 1. The molecule has 1 atom stereocenters. The van der Waals surface area contributed by atoms with Gasteiger partial charge in [0, 0.05) is 13.1 Å². The van der Waals surface area contributed by atoms with E-state index in [0.29, 0.717) is 12.4 Å². The van der Waals surface area contributed by atoms with Gasteiger partial charge >= 0.3 is 0 Å². The Labute approximate surface area is 107 Å². The number of halogens is 1. The van der Waals surface area contributed by atoms with Crippen LogP contribution in [0.4, 0.5) is 4.39 Å². The quantitative estimate of drug-likeness (QED) is 0.872. The maximum Gasteiger partial charge on any atom is 0.165 e. The fourth-order valence-electron chi connectivity index (χ4n) is 2.11. The van der Waals surface area contributed by atoms with Crippen molar-refractivity contribution >= 4 is 0 Å². The van der Waals surface area contributed by atoms with Gasteiger partial charge in [-0.1, -0.05) is 6.07 Å². The number of hydrogen-bond donors (Lipinski definition) is 1. The predicted molar refractivity (Wildman–Crippen MR) is 68.5 cm³/mol. The van der Waals surface area contributed by atoms with Crippen LogP contribution >= 0.6 is 0 Å². The molecule has 0 radical (unpaired) electrons. The van der Waals surface area contributed by atoms with Crippen molar-refractivity contribution in [3.63, 3.8) is 0 Å². The molecule has 0 saturated carbocycles. The van der Waals surface area contributed by atoms with E-state index >= 15 is 0 Å². The molecule has 100 valence electrons. The number of benzene rings is 1. The van der Waals surface area contributed by atoms with Crippen LogP contribution in [0.1, 0.15) is 18.9 Å². The highest BCUT2D eigenvalue weighted by atomic mass is 19.1. The molecule has 1 unspecified atom stereocenters. The minimum atomic E-state index is -0.281. The molecule has 1 aromatic rings. The maximum atomic E-state index is 13.6. The monoisotopic (exact) mass is 253 g/mol. The Morgan fingerprint density at radius 1 is 1.50 bits per heavy atom. The summed E-state index contributed by atoms with van der Waals surface area (Å²) in [6.07, 6.45) is 1.99. The molecular weight excluding hydrogens is 233 g/mol. The number of hydrogen-bond acceptors (Lipinski definition) is 3. The molecule has 2 rings (SSSR count). The first-order valence-corrected chi connectivity index (χ1v) is 6.53. The van der Waals surface area contributed by atoms with E-state index in [9.17, 15) is 4.39 Å². The lowest BCUT2D eigenvalue weighted by Crippen LogP contribution is -2.38. The smallest absolute Gasteiger partial charge is 0.165 e. The van der Waals surface area contributed by atoms with Crippen LogP contribution in [-0.4, -0.2) is 32.4 Å². The lowest BCUT2D eigenvalue weighted by Gasteiger charge is -2.23. The van der Waals surface area contributed by atoms with E-state index in [1.54, 1.807) is 12.1 Å². The van der Waals surface area contributed by atoms with E-state index in [0.717, 1.165) is 38.1 Å². The third-order valence-corrected chi connectivity index (χ3v) is 3.06. The van der Waals surface area contributed by atoms with Crippen LogP contribution in [0.25, 0.3) is 0 Å². The molecule has 0 bridgehead atoms. The fourth-order valence-corrected chi connectivity index (χ4v) is 2.11. The Kier molecular flexibility index (Phi) is 4.96. The first-order chi connectivity index (χ1) is 8.79. The number of rotatable bonds is 5. The van der Waals surface area contributed by atoms with E-state index in [1.165, 1.54) is 0 Å². The SMILES string of the molecule is CCOc1ccc(CCC2CNCCO2)cc1F. The first kappa shape index (κ1) is 13.3. The minimum absolute atomic E-state index is 0.244. The molecule has 18 heavy (non-hydrogen) atoms. The van der Waals surface area contributed by atoms with Crippen LogP contribution in [0.3, 0.4) is 0 Å². The van der Waals surface area contributed by atoms with E-state index in [-0.39, 0.29) is 11.9 Å². The second-order valence-electron chi connectivity index (χ2n) is 4.43. The summed E-state index contributed by atoms with van der Waals surface area (Å²) in [5, 5.41) is 3.29. The van der Waals surface area contributed by atoms with E-state index in [1.807, 2.05) is 13.0 Å². The summed E-state index contributed by atoms with van der Waals surface area (Å²) in [4.78, 5) is 0. The van der Waals surface area contributed by atoms with E-state index in [2.05, 4.69) is 5.32 Å². The summed E-state index contributed by atoms with van der Waals surface area (Å²) in [6, 6.07) is 5.18. The normalized spacial score (nSPS) is 19.8. The van der Waals surface area contributed by atoms with E-state index < -0.39 is 0 Å². The van der Waals surface area contributed by atoms with Crippen LogP contribution in [0.2, 0.25) is 0 Å². The molecule has 0 aromatic heterocycles. The van der Waals surface area contributed by atoms with Crippen LogP contribution in [0, 0.1) is 5.82 Å². The Balaban J connectivity index is 1.87. The summed E-state index contributed by atoms with van der Waals surface area (Å²) in [6.45, 7) is 4.91. The Morgan fingerprint density at radius 2 is 2.39 bits per heavy atom. The van der Waals surface area contributed by atoms with Crippen LogP contribution in [0.5, 0.6) is 5.75 Å². The Morgan fingerprint density at radius 3 is 3.06 bits per heavy atom. The molecule has 4 heteroatoms. The molecule has 0 amide bonds. The zero-order chi connectivity index (χ0) is 12.8. The van der Waals surface area contributed by atoms with Gasteiger partial charge in [0.1, 0.15) is 0 Å². The molecule has 3 nitrogen and oxygen atoms in total. The summed E-state index contributed by atoms with van der Waals surface area (Å²) in [5.41, 5.74) is 0.991. The van der Waals surface area contributed by atoms with Gasteiger partial charge in [-0.05, 0) is 37.5 Å². The highest BCUT2D eigenvalue weighted by Gasteiger charge is 2.13. The van der Waals surface area contributed by atoms with Gasteiger partial charge in [0.15, 0.2) is 11.6 Å². The molecule has 0 aliphatic carbocycles. The van der Waals surface area contributed by atoms with Gasteiger partial charge < -0.3 is 14.8 Å². The molecule has 1 aliphatic heterocycles. The minimum Gasteiger partial charge on any atom is -0.491 e. The van der Waals surface area contributed by atoms with Gasteiger partial charge in [0.2, 0.25) is 0 Å². The lowest BCUT2D eigenvalue weighted by atomic mass is 10.1. The second kappa shape index (κ2) is 6.71. The van der Waals surface area contributed by atoms with Crippen LogP contribution in [0.15, 0.2) is 18.2 Å². The molecule has 1 aromatic carbocycles. The lowest BCUT2D eigenvalue weighted by molar-refractivity contribution is 0.0238. The maximum absolute atomic E-state index is 13.6. The van der Waals surface area contributed by atoms with Crippen molar-refractivity contribution in [2.75, 3.05) is 26.3 Å². The summed E-state index contributed by atoms with van der Waals surface area (Å²) in [7, 11) is 0. The van der Waals surface area contributed by atoms with Crippen molar-refractivity contribution in [3.05, 3.63) is 29.6 Å². The van der Waals surface area contributed by atoms with Gasteiger partial charge in [-0.3, -0.25) is 0 Å². The third-order valence-electron chi connectivity index (χ3n) is 3.06. The predicted octanol–water partition coefficient (Wildman–Crippen LogP) is 2.15. The van der Waals surface area contributed by atoms with Gasteiger partial charge in [0.05, 0.1) is 19.3 Å². The second-order valence-corrected chi connectivity index (χ2v) is 4.43. The summed E-state index contributed by atoms with van der Waals surface area (Å²) in [5.74, 6) is 0.0499. The van der Waals surface area contributed by atoms with Gasteiger partial charge in [0.25, 0.3) is 0 Å². The Bertz CT molecular complexity index is 378. The molecule has 0 spiro atoms. The highest BCUT2D eigenvalue weighted by Crippen LogP contribution is 2.19. The zero-order valence-electron chi connectivity index (χ0n) is 10.7. The number of morpholine rings is 1. The standard InChI is InChI=1S/C14H20FNO2/c1-2-17-14-6-4-11(9-13(14)15)3-5-12-10-16-7-8-18-12/h4,6,9,12,16H,2-3,5,7-8,10H2,1H3. The van der Waals surface area contributed by atoms with Crippen molar-refractivity contribution < 1.29 is 13.9 Å². The van der Waals surface area contributed by atoms with Crippen molar-refractivity contribution in [1.82, 2.24) is 5.32 Å². The van der Waals surface area contributed by atoms with Crippen molar-refractivity contribution in [1.29, 1.82) is 0 Å². The highest BCUT2D eigenvalue weighted by molar-refractivity contribution is 5.29. The average Bonchev–Trinajstić information content (AvgIpc) is 2.41. The number of aryl methyl sites for hydroxylation is 1. The van der Waals surface area contributed by atoms with Crippen LogP contribution in [-0.2, 0) is 11.2 Å². The third kappa shape index (κ3) is 3.68. The fraction of sp³-hybridized carbons (Fsp3) is 0.571. The van der Waals surface area contributed by atoms with Gasteiger partial charge in [-0.2, -0.15) is 0 Å². The average molecular weight is 253 g/mol. The summed E-state index contributed by atoms with van der Waals surface area (Å²) >= 11 is 0. The Hall–Kier alpha value is -1.13. The topological polar surface area (TPSA) is 30.5 Å².